The van der Waals surface area contributed by atoms with Crippen molar-refractivity contribution in [1.29, 1.82) is 0 Å². The third kappa shape index (κ3) is 4.15. The molecule has 0 aromatic heterocycles. The maximum absolute atomic E-state index is 13.8. The average Bonchev–Trinajstić information content (AvgIpc) is 2.19. The highest BCUT2D eigenvalue weighted by atomic mass is 79.9. The summed E-state index contributed by atoms with van der Waals surface area (Å²) in [4.78, 5) is 10.3. The van der Waals surface area contributed by atoms with Crippen LogP contribution in [0.2, 0.25) is 0 Å². The lowest BCUT2D eigenvalue weighted by molar-refractivity contribution is -0.119. The van der Waals surface area contributed by atoms with Crippen molar-refractivity contribution in [2.45, 2.75) is 30.7 Å². The van der Waals surface area contributed by atoms with E-state index >= 15 is 0 Å². The number of benzene rings is 1. The van der Waals surface area contributed by atoms with Crippen molar-refractivity contribution in [3.05, 3.63) is 22.4 Å². The Bertz CT molecular complexity index is 647. The van der Waals surface area contributed by atoms with Crippen LogP contribution in [-0.2, 0) is 14.8 Å². The smallest absolute Gasteiger partial charge is 0.244 e. The minimum atomic E-state index is -4.17. The van der Waals surface area contributed by atoms with Gasteiger partial charge in [0.1, 0.15) is 10.7 Å². The molecule has 0 aliphatic heterocycles. The van der Waals surface area contributed by atoms with Crippen LogP contribution in [-0.4, -0.2) is 19.9 Å². The Morgan fingerprint density at radius 1 is 1.45 bits per heavy atom. The highest BCUT2D eigenvalue weighted by Crippen LogP contribution is 2.27. The predicted molar refractivity (Wildman–Crippen MR) is 76.7 cm³/mol. The zero-order valence-corrected chi connectivity index (χ0v) is 13.3. The molecule has 0 fully saturated rings. The predicted octanol–water partition coefficient (Wildman–Crippen LogP) is 1.10. The zero-order chi connectivity index (χ0) is 15.7. The lowest BCUT2D eigenvalue weighted by Gasteiger charge is -2.24. The third-order valence-electron chi connectivity index (χ3n) is 2.37. The average molecular weight is 368 g/mol. The van der Waals surface area contributed by atoms with Crippen molar-refractivity contribution in [2.75, 3.05) is 5.73 Å². The third-order valence-corrected chi connectivity index (χ3v) is 4.77. The first kappa shape index (κ1) is 16.9. The number of amides is 1. The molecule has 0 saturated heterocycles. The molecular weight excluding hydrogens is 353 g/mol. The minimum absolute atomic E-state index is 0.0829. The van der Waals surface area contributed by atoms with Gasteiger partial charge in [-0.15, -0.1) is 0 Å². The van der Waals surface area contributed by atoms with Crippen LogP contribution in [0.15, 0.2) is 21.5 Å². The Balaban J connectivity index is 3.18. The van der Waals surface area contributed by atoms with Crippen LogP contribution in [0.5, 0.6) is 0 Å². The molecule has 5 N–H and O–H groups in total. The standard InChI is InChI=1S/C11H15BrFN3O3S/c1-11(2,5-10(15)17)16-20(18,19)9-4-8(14)6(12)3-7(9)13/h3-4,16H,5,14H2,1-2H3,(H2,15,17). The van der Waals surface area contributed by atoms with Gasteiger partial charge < -0.3 is 11.5 Å². The molecule has 112 valence electrons. The summed E-state index contributed by atoms with van der Waals surface area (Å²) in [7, 11) is -4.17. The number of nitrogens with two attached hydrogens (primary N) is 2. The van der Waals surface area contributed by atoms with Crippen LogP contribution >= 0.6 is 15.9 Å². The Hall–Kier alpha value is -1.19. The first-order valence-electron chi connectivity index (χ1n) is 5.51. The number of sulfonamides is 1. The number of primary amides is 1. The molecular formula is C11H15BrFN3O3S. The number of hydrogen-bond acceptors (Lipinski definition) is 4. The number of nitrogen functional groups attached to an aromatic ring is 1. The molecule has 1 aromatic rings. The Morgan fingerprint density at radius 3 is 2.50 bits per heavy atom. The van der Waals surface area contributed by atoms with Crippen LogP contribution < -0.4 is 16.2 Å². The van der Waals surface area contributed by atoms with E-state index in [9.17, 15) is 17.6 Å². The molecule has 0 radical (unpaired) electrons. The maximum atomic E-state index is 13.8. The van der Waals surface area contributed by atoms with Crippen molar-refractivity contribution in [1.82, 2.24) is 4.72 Å². The number of nitrogens with one attached hydrogen (secondary N) is 1. The molecule has 20 heavy (non-hydrogen) atoms. The second kappa shape index (κ2) is 5.66. The summed E-state index contributed by atoms with van der Waals surface area (Å²) in [5.41, 5.74) is 9.53. The minimum Gasteiger partial charge on any atom is -0.398 e. The number of carbonyl (C=O) groups excluding carboxylic acids is 1. The molecule has 0 saturated carbocycles. The summed E-state index contributed by atoms with van der Waals surface area (Å²) in [5, 5.41) is 0. The highest BCUT2D eigenvalue weighted by molar-refractivity contribution is 9.10. The summed E-state index contributed by atoms with van der Waals surface area (Å²) in [6, 6.07) is 1.97. The fourth-order valence-corrected chi connectivity index (χ4v) is 3.46. The van der Waals surface area contributed by atoms with Gasteiger partial charge in [-0.25, -0.2) is 17.5 Å². The SMILES string of the molecule is CC(C)(CC(N)=O)NS(=O)(=O)c1cc(N)c(Br)cc1F. The van der Waals surface area contributed by atoms with E-state index in [0.717, 1.165) is 12.1 Å². The number of halogens is 2. The second-order valence-electron chi connectivity index (χ2n) is 4.94. The summed E-state index contributed by atoms with van der Waals surface area (Å²) in [5.74, 6) is -1.62. The summed E-state index contributed by atoms with van der Waals surface area (Å²) in [6.45, 7) is 2.94. The molecule has 0 unspecified atom stereocenters. The molecule has 6 nitrogen and oxygen atoms in total. The fourth-order valence-electron chi connectivity index (χ4n) is 1.64. The van der Waals surface area contributed by atoms with Crippen LogP contribution in [0.1, 0.15) is 20.3 Å². The van der Waals surface area contributed by atoms with Crippen molar-refractivity contribution < 1.29 is 17.6 Å². The second-order valence-corrected chi connectivity index (χ2v) is 7.44. The zero-order valence-electron chi connectivity index (χ0n) is 10.9. The Labute approximate surface area is 124 Å². The van der Waals surface area contributed by atoms with Gasteiger partial charge in [0.25, 0.3) is 0 Å². The van der Waals surface area contributed by atoms with Crippen molar-refractivity contribution >= 4 is 37.5 Å². The molecule has 0 spiro atoms. The fraction of sp³-hybridized carbons (Fsp3) is 0.364. The summed E-state index contributed by atoms with van der Waals surface area (Å²) < 4.78 is 40.5. The van der Waals surface area contributed by atoms with E-state index < -0.39 is 32.2 Å². The van der Waals surface area contributed by atoms with E-state index in [1.165, 1.54) is 13.8 Å². The number of anilines is 1. The largest absolute Gasteiger partial charge is 0.398 e. The van der Waals surface area contributed by atoms with E-state index in [1.54, 1.807) is 0 Å². The van der Waals surface area contributed by atoms with Gasteiger partial charge in [0.05, 0.1) is 0 Å². The van der Waals surface area contributed by atoms with E-state index in [0.29, 0.717) is 0 Å². The highest BCUT2D eigenvalue weighted by Gasteiger charge is 2.30. The first-order chi connectivity index (χ1) is 8.94. The maximum Gasteiger partial charge on any atom is 0.244 e. The molecule has 0 atom stereocenters. The number of carbonyl (C=O) groups is 1. The molecule has 1 amide bonds. The topological polar surface area (TPSA) is 115 Å². The quantitative estimate of drug-likeness (QED) is 0.675. The first-order valence-corrected chi connectivity index (χ1v) is 7.79. The van der Waals surface area contributed by atoms with Crippen LogP contribution in [0.4, 0.5) is 10.1 Å². The van der Waals surface area contributed by atoms with E-state index in [1.807, 2.05) is 0 Å². The monoisotopic (exact) mass is 367 g/mol. The lowest BCUT2D eigenvalue weighted by Crippen LogP contribution is -2.46. The van der Waals surface area contributed by atoms with Crippen LogP contribution in [0.25, 0.3) is 0 Å². The van der Waals surface area contributed by atoms with Gasteiger partial charge in [-0.3, -0.25) is 4.79 Å². The van der Waals surface area contributed by atoms with Gasteiger partial charge in [0.2, 0.25) is 15.9 Å². The number of rotatable bonds is 5. The molecule has 1 aromatic carbocycles. The summed E-state index contributed by atoms with van der Waals surface area (Å²) in [6.07, 6.45) is -0.222. The molecule has 9 heteroatoms. The van der Waals surface area contributed by atoms with Gasteiger partial charge in [-0.05, 0) is 41.9 Å². The van der Waals surface area contributed by atoms with Crippen LogP contribution in [0.3, 0.4) is 0 Å². The van der Waals surface area contributed by atoms with Gasteiger partial charge in [-0.1, -0.05) is 0 Å². The van der Waals surface area contributed by atoms with Gasteiger partial charge in [-0.2, -0.15) is 0 Å². The van der Waals surface area contributed by atoms with Crippen molar-refractivity contribution in [2.24, 2.45) is 5.73 Å². The van der Waals surface area contributed by atoms with Crippen LogP contribution in [0, 0.1) is 5.82 Å². The Kier molecular flexibility index (Phi) is 4.78. The Morgan fingerprint density at radius 2 is 2.00 bits per heavy atom. The van der Waals surface area contributed by atoms with Gasteiger partial charge in [0.15, 0.2) is 0 Å². The lowest BCUT2D eigenvalue weighted by atomic mass is 10.0. The van der Waals surface area contributed by atoms with E-state index in [4.69, 9.17) is 11.5 Å². The molecule has 0 aliphatic carbocycles. The normalized spacial score (nSPS) is 12.4. The molecule has 0 aliphatic rings. The molecule has 0 heterocycles. The van der Waals surface area contributed by atoms with E-state index in [2.05, 4.69) is 20.7 Å². The van der Waals surface area contributed by atoms with Gasteiger partial charge in [0, 0.05) is 22.1 Å². The van der Waals surface area contributed by atoms with Gasteiger partial charge >= 0.3 is 0 Å². The molecule has 0 bridgehead atoms. The van der Waals surface area contributed by atoms with Crippen molar-refractivity contribution in [3.63, 3.8) is 0 Å². The molecule has 1 rings (SSSR count). The van der Waals surface area contributed by atoms with Crippen molar-refractivity contribution in [3.8, 4) is 0 Å². The summed E-state index contributed by atoms with van der Waals surface area (Å²) >= 11 is 3.00. The number of hydrogen-bond donors (Lipinski definition) is 3. The van der Waals surface area contributed by atoms with E-state index in [-0.39, 0.29) is 16.6 Å².